The SMILES string of the molecule is COC(=O)C[C@@H](C[N+](=O)[O-])C1CCC(F)(F)CC1. The van der Waals surface area contributed by atoms with Gasteiger partial charge in [0.2, 0.25) is 12.5 Å². The molecule has 0 bridgehead atoms. The molecule has 18 heavy (non-hydrogen) atoms. The summed E-state index contributed by atoms with van der Waals surface area (Å²) in [6.45, 7) is -0.370. The molecule has 1 aliphatic rings. The van der Waals surface area contributed by atoms with E-state index >= 15 is 0 Å². The van der Waals surface area contributed by atoms with Crippen LogP contribution in [0.1, 0.15) is 32.1 Å². The molecule has 0 saturated heterocycles. The van der Waals surface area contributed by atoms with Crippen molar-refractivity contribution in [2.24, 2.45) is 11.8 Å². The van der Waals surface area contributed by atoms with Crippen LogP contribution in [0.3, 0.4) is 0 Å². The second-order valence-corrected chi connectivity index (χ2v) is 4.75. The van der Waals surface area contributed by atoms with Gasteiger partial charge in [0, 0.05) is 23.7 Å². The molecule has 0 aliphatic heterocycles. The second-order valence-electron chi connectivity index (χ2n) is 4.75. The van der Waals surface area contributed by atoms with E-state index in [1.807, 2.05) is 0 Å². The average molecular weight is 265 g/mol. The minimum atomic E-state index is -2.67. The van der Waals surface area contributed by atoms with Crippen molar-refractivity contribution < 1.29 is 23.2 Å². The first-order chi connectivity index (χ1) is 8.34. The molecule has 7 heteroatoms. The number of esters is 1. The minimum Gasteiger partial charge on any atom is -0.469 e. The Kier molecular flexibility index (Phi) is 4.98. The number of ether oxygens (including phenoxy) is 1. The van der Waals surface area contributed by atoms with Gasteiger partial charge in [-0.05, 0) is 18.8 Å². The van der Waals surface area contributed by atoms with Crippen molar-refractivity contribution in [3.8, 4) is 0 Å². The Bertz CT molecular complexity index is 312. The molecular formula is C11H17F2NO4. The molecular weight excluding hydrogens is 248 g/mol. The van der Waals surface area contributed by atoms with E-state index in [4.69, 9.17) is 0 Å². The van der Waals surface area contributed by atoms with E-state index in [1.165, 1.54) is 7.11 Å². The van der Waals surface area contributed by atoms with Gasteiger partial charge in [0.15, 0.2) is 0 Å². The number of methoxy groups -OCH3 is 1. The van der Waals surface area contributed by atoms with Crippen molar-refractivity contribution in [1.82, 2.24) is 0 Å². The molecule has 0 amide bonds. The van der Waals surface area contributed by atoms with Gasteiger partial charge in [-0.1, -0.05) is 0 Å². The lowest BCUT2D eigenvalue weighted by molar-refractivity contribution is -0.490. The topological polar surface area (TPSA) is 69.4 Å². The molecule has 0 unspecified atom stereocenters. The van der Waals surface area contributed by atoms with Crippen molar-refractivity contribution in [3.05, 3.63) is 10.1 Å². The van der Waals surface area contributed by atoms with E-state index < -0.39 is 22.7 Å². The van der Waals surface area contributed by atoms with Crippen LogP contribution in [0.4, 0.5) is 8.78 Å². The normalized spacial score (nSPS) is 21.3. The van der Waals surface area contributed by atoms with Crippen LogP contribution in [0.5, 0.6) is 0 Å². The number of carbonyl (C=O) groups is 1. The van der Waals surface area contributed by atoms with Crippen molar-refractivity contribution in [1.29, 1.82) is 0 Å². The lowest BCUT2D eigenvalue weighted by atomic mass is 9.77. The van der Waals surface area contributed by atoms with E-state index in [9.17, 15) is 23.7 Å². The summed E-state index contributed by atoms with van der Waals surface area (Å²) in [5, 5.41) is 10.6. The van der Waals surface area contributed by atoms with Crippen molar-refractivity contribution in [3.63, 3.8) is 0 Å². The number of carbonyl (C=O) groups excluding carboxylic acids is 1. The molecule has 0 spiro atoms. The molecule has 0 aromatic rings. The second kappa shape index (κ2) is 6.06. The van der Waals surface area contributed by atoms with Crippen molar-refractivity contribution in [2.75, 3.05) is 13.7 Å². The number of nitrogens with zero attached hydrogens (tertiary/aromatic N) is 1. The summed E-state index contributed by atoms with van der Waals surface area (Å²) < 4.78 is 30.5. The molecule has 1 saturated carbocycles. The molecule has 0 heterocycles. The fourth-order valence-electron chi connectivity index (χ4n) is 2.40. The smallest absolute Gasteiger partial charge is 0.306 e. The summed E-state index contributed by atoms with van der Waals surface area (Å²) in [5.74, 6) is -3.90. The van der Waals surface area contributed by atoms with Gasteiger partial charge in [-0.2, -0.15) is 0 Å². The third-order valence-corrected chi connectivity index (χ3v) is 3.47. The number of halogens is 2. The van der Waals surface area contributed by atoms with Gasteiger partial charge >= 0.3 is 5.97 Å². The number of hydrogen-bond donors (Lipinski definition) is 0. The minimum absolute atomic E-state index is 0.0757. The molecule has 1 fully saturated rings. The molecule has 1 atom stereocenters. The van der Waals surface area contributed by atoms with Crippen LogP contribution in [-0.4, -0.2) is 30.5 Å². The van der Waals surface area contributed by atoms with Gasteiger partial charge in [-0.15, -0.1) is 0 Å². The standard InChI is InChI=1S/C11H17F2NO4/c1-18-10(15)6-9(7-14(16)17)8-2-4-11(12,13)5-3-8/h8-9H,2-7H2,1H3/t9-/m0/s1. The van der Waals surface area contributed by atoms with E-state index in [-0.39, 0.29) is 44.6 Å². The highest BCUT2D eigenvalue weighted by atomic mass is 19.3. The first kappa shape index (κ1) is 14.8. The third-order valence-electron chi connectivity index (χ3n) is 3.47. The van der Waals surface area contributed by atoms with Gasteiger partial charge in [0.05, 0.1) is 13.5 Å². The Labute approximate surface area is 104 Å². The monoisotopic (exact) mass is 265 g/mol. The van der Waals surface area contributed by atoms with Crippen molar-refractivity contribution >= 4 is 5.97 Å². The summed E-state index contributed by atoms with van der Waals surface area (Å²) in [6.07, 6.45) is -0.140. The molecule has 1 aliphatic carbocycles. The van der Waals surface area contributed by atoms with Crippen LogP contribution in [-0.2, 0) is 9.53 Å². The molecule has 0 N–H and O–H groups in total. The summed E-state index contributed by atoms with van der Waals surface area (Å²) in [7, 11) is 1.21. The Morgan fingerprint density at radius 3 is 2.50 bits per heavy atom. The maximum Gasteiger partial charge on any atom is 0.306 e. The van der Waals surface area contributed by atoms with Crippen LogP contribution in [0, 0.1) is 22.0 Å². The van der Waals surface area contributed by atoms with Gasteiger partial charge in [-0.3, -0.25) is 14.9 Å². The lowest BCUT2D eigenvalue weighted by Crippen LogP contribution is -2.32. The highest BCUT2D eigenvalue weighted by molar-refractivity contribution is 5.69. The molecule has 0 aromatic heterocycles. The highest BCUT2D eigenvalue weighted by Crippen LogP contribution is 2.40. The van der Waals surface area contributed by atoms with Gasteiger partial charge in [-0.25, -0.2) is 8.78 Å². The zero-order valence-corrected chi connectivity index (χ0v) is 10.2. The van der Waals surface area contributed by atoms with Gasteiger partial charge in [0.25, 0.3) is 0 Å². The molecule has 1 rings (SSSR count). The average Bonchev–Trinajstić information content (AvgIpc) is 2.27. The highest BCUT2D eigenvalue weighted by Gasteiger charge is 2.39. The molecule has 5 nitrogen and oxygen atoms in total. The van der Waals surface area contributed by atoms with Crippen LogP contribution in [0.15, 0.2) is 0 Å². The fourth-order valence-corrected chi connectivity index (χ4v) is 2.40. The predicted molar refractivity (Wildman–Crippen MR) is 58.9 cm³/mol. The Balaban J connectivity index is 2.60. The first-order valence-corrected chi connectivity index (χ1v) is 5.90. The van der Waals surface area contributed by atoms with Crippen LogP contribution < -0.4 is 0 Å². The van der Waals surface area contributed by atoms with Crippen molar-refractivity contribution in [2.45, 2.75) is 38.0 Å². The Hall–Kier alpha value is -1.27. The summed E-state index contributed by atoms with van der Waals surface area (Å²) in [5.41, 5.74) is 0. The van der Waals surface area contributed by atoms with E-state index in [0.717, 1.165) is 0 Å². The zero-order chi connectivity index (χ0) is 13.8. The fraction of sp³-hybridized carbons (Fsp3) is 0.909. The Morgan fingerprint density at radius 1 is 1.50 bits per heavy atom. The van der Waals surface area contributed by atoms with Crippen LogP contribution in [0.2, 0.25) is 0 Å². The summed E-state index contributed by atoms with van der Waals surface area (Å²) in [6, 6.07) is 0. The number of alkyl halides is 2. The largest absolute Gasteiger partial charge is 0.469 e. The number of nitro groups is 1. The predicted octanol–water partition coefficient (Wildman–Crippen LogP) is 2.27. The molecule has 104 valence electrons. The molecule has 0 radical (unpaired) electrons. The summed E-state index contributed by atoms with van der Waals surface area (Å²) >= 11 is 0. The molecule has 0 aromatic carbocycles. The lowest BCUT2D eigenvalue weighted by Gasteiger charge is -2.31. The number of rotatable bonds is 5. The van der Waals surface area contributed by atoms with E-state index in [0.29, 0.717) is 0 Å². The van der Waals surface area contributed by atoms with Gasteiger partial charge in [0.1, 0.15) is 0 Å². The zero-order valence-electron chi connectivity index (χ0n) is 10.2. The third kappa shape index (κ3) is 4.54. The maximum atomic E-state index is 13.0. The van der Waals surface area contributed by atoms with E-state index in [2.05, 4.69) is 4.74 Å². The van der Waals surface area contributed by atoms with Gasteiger partial charge < -0.3 is 4.74 Å². The first-order valence-electron chi connectivity index (χ1n) is 5.90. The summed E-state index contributed by atoms with van der Waals surface area (Å²) in [4.78, 5) is 21.2. The number of hydrogen-bond acceptors (Lipinski definition) is 4. The maximum absolute atomic E-state index is 13.0. The van der Waals surface area contributed by atoms with Crippen LogP contribution in [0.25, 0.3) is 0 Å². The van der Waals surface area contributed by atoms with E-state index in [1.54, 1.807) is 0 Å². The Morgan fingerprint density at radius 2 is 2.06 bits per heavy atom. The van der Waals surface area contributed by atoms with Crippen LogP contribution >= 0.6 is 0 Å². The quantitative estimate of drug-likeness (QED) is 0.434.